The summed E-state index contributed by atoms with van der Waals surface area (Å²) in [5.74, 6) is -0.0987. The smallest absolute Gasteiger partial charge is 0.330 e. The van der Waals surface area contributed by atoms with Crippen molar-refractivity contribution < 1.29 is 14.7 Å². The number of halogens is 1. The van der Waals surface area contributed by atoms with Crippen molar-refractivity contribution in [2.75, 3.05) is 11.5 Å². The summed E-state index contributed by atoms with van der Waals surface area (Å²) in [5, 5.41) is 12.1. The SMILES string of the molecule is Cc1cc(C(=O)NC2(C(=O)O)CCSC2)c(C)cc1Br. The van der Waals surface area contributed by atoms with Crippen LogP contribution in [0, 0.1) is 13.8 Å². The number of benzene rings is 1. The lowest BCUT2D eigenvalue weighted by molar-refractivity contribution is -0.143. The molecule has 0 aromatic heterocycles. The molecule has 1 aromatic rings. The summed E-state index contributed by atoms with van der Waals surface area (Å²) in [5.41, 5.74) is 1.18. The molecule has 0 aliphatic carbocycles. The number of rotatable bonds is 3. The molecule has 0 radical (unpaired) electrons. The first kappa shape index (κ1) is 15.4. The maximum Gasteiger partial charge on any atom is 0.330 e. The van der Waals surface area contributed by atoms with Crippen molar-refractivity contribution in [1.82, 2.24) is 5.32 Å². The second-order valence-electron chi connectivity index (χ2n) is 5.06. The van der Waals surface area contributed by atoms with Gasteiger partial charge in [0.15, 0.2) is 0 Å². The molecule has 20 heavy (non-hydrogen) atoms. The van der Waals surface area contributed by atoms with Gasteiger partial charge in [0.1, 0.15) is 5.54 Å². The molecule has 1 saturated heterocycles. The van der Waals surface area contributed by atoms with Gasteiger partial charge in [-0.15, -0.1) is 0 Å². The van der Waals surface area contributed by atoms with E-state index in [1.807, 2.05) is 19.9 Å². The van der Waals surface area contributed by atoms with Crippen molar-refractivity contribution in [2.45, 2.75) is 25.8 Å². The molecule has 1 aromatic carbocycles. The molecule has 1 unspecified atom stereocenters. The molecule has 1 amide bonds. The zero-order valence-electron chi connectivity index (χ0n) is 11.3. The number of amides is 1. The highest BCUT2D eigenvalue weighted by Gasteiger charge is 2.43. The van der Waals surface area contributed by atoms with Gasteiger partial charge >= 0.3 is 5.97 Å². The molecule has 1 fully saturated rings. The first-order valence-corrected chi connectivity index (χ1v) is 8.21. The Kier molecular flexibility index (Phi) is 4.44. The van der Waals surface area contributed by atoms with E-state index in [1.165, 1.54) is 0 Å². The minimum absolute atomic E-state index is 0.317. The largest absolute Gasteiger partial charge is 0.479 e. The topological polar surface area (TPSA) is 66.4 Å². The first-order chi connectivity index (χ1) is 9.35. The maximum atomic E-state index is 12.4. The Bertz CT molecular complexity index is 568. The predicted molar refractivity (Wildman–Crippen MR) is 83.4 cm³/mol. The van der Waals surface area contributed by atoms with E-state index in [1.54, 1.807) is 17.8 Å². The number of carboxylic acids is 1. The van der Waals surface area contributed by atoms with E-state index >= 15 is 0 Å². The van der Waals surface area contributed by atoms with Gasteiger partial charge in [0.05, 0.1) is 0 Å². The van der Waals surface area contributed by atoms with Crippen molar-refractivity contribution in [3.8, 4) is 0 Å². The summed E-state index contributed by atoms with van der Waals surface area (Å²) in [7, 11) is 0. The fraction of sp³-hybridized carbons (Fsp3) is 0.429. The van der Waals surface area contributed by atoms with Gasteiger partial charge in [-0.2, -0.15) is 11.8 Å². The van der Waals surface area contributed by atoms with Crippen LogP contribution in [0.1, 0.15) is 27.9 Å². The number of carbonyl (C=O) groups is 2. The molecule has 1 aliphatic rings. The number of carbonyl (C=O) groups excluding carboxylic acids is 1. The highest BCUT2D eigenvalue weighted by Crippen LogP contribution is 2.29. The summed E-state index contributed by atoms with van der Waals surface area (Å²) in [6.07, 6.45) is 0.466. The van der Waals surface area contributed by atoms with Crippen LogP contribution in [0.2, 0.25) is 0 Å². The minimum atomic E-state index is -1.13. The van der Waals surface area contributed by atoms with Crippen molar-refractivity contribution in [3.05, 3.63) is 33.3 Å². The zero-order valence-corrected chi connectivity index (χ0v) is 13.7. The molecule has 1 aliphatic heterocycles. The van der Waals surface area contributed by atoms with E-state index in [0.717, 1.165) is 21.4 Å². The van der Waals surface area contributed by atoms with Crippen LogP contribution in [0.25, 0.3) is 0 Å². The fourth-order valence-electron chi connectivity index (χ4n) is 2.20. The molecule has 2 N–H and O–H groups in total. The summed E-state index contributed by atoms with van der Waals surface area (Å²) in [6, 6.07) is 3.66. The third kappa shape index (κ3) is 2.86. The van der Waals surface area contributed by atoms with Crippen molar-refractivity contribution >= 4 is 39.6 Å². The highest BCUT2D eigenvalue weighted by atomic mass is 79.9. The van der Waals surface area contributed by atoms with Crippen LogP contribution in [-0.4, -0.2) is 34.0 Å². The molecule has 1 heterocycles. The lowest BCUT2D eigenvalue weighted by Crippen LogP contribution is -2.54. The number of carboxylic acid groups (broad SMARTS) is 1. The van der Waals surface area contributed by atoms with E-state index < -0.39 is 11.5 Å². The van der Waals surface area contributed by atoms with Crippen LogP contribution < -0.4 is 5.32 Å². The molecule has 6 heteroatoms. The Balaban J connectivity index is 2.28. The maximum absolute atomic E-state index is 12.4. The zero-order chi connectivity index (χ0) is 14.9. The standard InChI is InChI=1S/C14H16BrNO3S/c1-8-6-11(15)9(2)5-10(8)12(17)16-14(13(18)19)3-4-20-7-14/h5-6H,3-4,7H2,1-2H3,(H,16,17)(H,18,19). The molecule has 0 bridgehead atoms. The Hall–Kier alpha value is -1.01. The lowest BCUT2D eigenvalue weighted by Gasteiger charge is -2.25. The van der Waals surface area contributed by atoms with Gasteiger partial charge in [-0.3, -0.25) is 4.79 Å². The van der Waals surface area contributed by atoms with Crippen LogP contribution in [0.4, 0.5) is 0 Å². The second kappa shape index (κ2) is 5.77. The molecule has 4 nitrogen and oxygen atoms in total. The van der Waals surface area contributed by atoms with Gasteiger partial charge in [-0.05, 0) is 49.3 Å². The number of thioether (sulfide) groups is 1. The Labute approximate surface area is 130 Å². The van der Waals surface area contributed by atoms with Crippen LogP contribution in [-0.2, 0) is 4.79 Å². The molecule has 2 rings (SSSR count). The van der Waals surface area contributed by atoms with Crippen molar-refractivity contribution in [3.63, 3.8) is 0 Å². The summed E-state index contributed by atoms with van der Waals surface area (Å²) < 4.78 is 0.941. The fourth-order valence-corrected chi connectivity index (χ4v) is 3.98. The third-order valence-corrected chi connectivity index (χ3v) is 5.58. The van der Waals surface area contributed by atoms with Gasteiger partial charge in [0.2, 0.25) is 0 Å². The van der Waals surface area contributed by atoms with Gasteiger partial charge < -0.3 is 10.4 Å². The Morgan fingerprint density at radius 1 is 1.35 bits per heavy atom. The van der Waals surface area contributed by atoms with Crippen LogP contribution in [0.3, 0.4) is 0 Å². The second-order valence-corrected chi connectivity index (χ2v) is 7.02. The normalized spacial score (nSPS) is 21.8. The van der Waals surface area contributed by atoms with E-state index in [-0.39, 0.29) is 5.91 Å². The Morgan fingerprint density at radius 2 is 2.05 bits per heavy atom. The first-order valence-electron chi connectivity index (χ1n) is 6.26. The molecular weight excluding hydrogens is 342 g/mol. The van der Waals surface area contributed by atoms with Crippen molar-refractivity contribution in [1.29, 1.82) is 0 Å². The number of nitrogens with one attached hydrogen (secondary N) is 1. The van der Waals surface area contributed by atoms with E-state index in [9.17, 15) is 14.7 Å². The van der Waals surface area contributed by atoms with Gasteiger partial charge in [0.25, 0.3) is 5.91 Å². The summed E-state index contributed by atoms with van der Waals surface area (Å²) in [6.45, 7) is 3.74. The molecule has 0 spiro atoms. The molecule has 108 valence electrons. The van der Waals surface area contributed by atoms with E-state index in [2.05, 4.69) is 21.2 Å². The van der Waals surface area contributed by atoms with Crippen LogP contribution >= 0.6 is 27.7 Å². The number of aryl methyl sites for hydroxylation is 2. The average Bonchev–Trinajstić information content (AvgIpc) is 2.83. The van der Waals surface area contributed by atoms with Crippen molar-refractivity contribution in [2.24, 2.45) is 0 Å². The third-order valence-electron chi connectivity index (χ3n) is 3.53. The van der Waals surface area contributed by atoms with Gasteiger partial charge in [-0.25, -0.2) is 4.79 Å². The molecule has 1 atom stereocenters. The Morgan fingerprint density at radius 3 is 2.60 bits per heavy atom. The quantitative estimate of drug-likeness (QED) is 0.872. The lowest BCUT2D eigenvalue weighted by atomic mass is 9.97. The minimum Gasteiger partial charge on any atom is -0.479 e. The van der Waals surface area contributed by atoms with E-state index in [4.69, 9.17) is 0 Å². The summed E-state index contributed by atoms with van der Waals surface area (Å²) in [4.78, 5) is 23.9. The average molecular weight is 358 g/mol. The molecule has 0 saturated carbocycles. The number of hydrogen-bond donors (Lipinski definition) is 2. The highest BCUT2D eigenvalue weighted by molar-refractivity contribution is 9.10. The van der Waals surface area contributed by atoms with E-state index in [0.29, 0.717) is 17.7 Å². The van der Waals surface area contributed by atoms with Gasteiger partial charge in [-0.1, -0.05) is 15.9 Å². The summed E-state index contributed by atoms with van der Waals surface area (Å²) >= 11 is 4.98. The number of aliphatic carboxylic acids is 1. The predicted octanol–water partition coefficient (Wildman–Crippen LogP) is 2.76. The van der Waals surface area contributed by atoms with Crippen LogP contribution in [0.5, 0.6) is 0 Å². The molecular formula is C14H16BrNO3S. The monoisotopic (exact) mass is 357 g/mol. The van der Waals surface area contributed by atoms with Crippen LogP contribution in [0.15, 0.2) is 16.6 Å². The number of hydrogen-bond acceptors (Lipinski definition) is 3. The van der Waals surface area contributed by atoms with Gasteiger partial charge in [0, 0.05) is 15.8 Å².